The first-order valence-corrected chi connectivity index (χ1v) is 9.11. The van der Waals surface area contributed by atoms with Gasteiger partial charge in [0.05, 0.1) is 31.2 Å². The summed E-state index contributed by atoms with van der Waals surface area (Å²) in [7, 11) is -0.610. The SMILES string of the molecule is COc1ccc(CCS(=O)(=O)Nc2ccccc2C(N)=O)cc1OC. The Morgan fingerprint density at radius 2 is 1.76 bits per heavy atom. The first kappa shape index (κ1) is 18.6. The molecule has 0 saturated carbocycles. The van der Waals surface area contributed by atoms with Crippen LogP contribution in [-0.2, 0) is 16.4 Å². The van der Waals surface area contributed by atoms with Gasteiger partial charge in [0.1, 0.15) is 0 Å². The maximum absolute atomic E-state index is 12.3. The van der Waals surface area contributed by atoms with E-state index in [0.717, 1.165) is 5.56 Å². The van der Waals surface area contributed by atoms with E-state index in [0.29, 0.717) is 11.5 Å². The number of methoxy groups -OCH3 is 2. The first-order chi connectivity index (χ1) is 11.9. The van der Waals surface area contributed by atoms with Gasteiger partial charge in [0.25, 0.3) is 5.91 Å². The van der Waals surface area contributed by atoms with Gasteiger partial charge in [0.15, 0.2) is 11.5 Å². The van der Waals surface area contributed by atoms with Gasteiger partial charge < -0.3 is 15.2 Å². The number of rotatable bonds is 8. The molecule has 0 aliphatic heterocycles. The second-order valence-corrected chi connectivity index (χ2v) is 7.11. The molecule has 0 saturated heterocycles. The van der Waals surface area contributed by atoms with Crippen LogP contribution in [-0.4, -0.2) is 34.3 Å². The third-order valence-electron chi connectivity index (χ3n) is 3.57. The molecule has 2 aromatic carbocycles. The second kappa shape index (κ2) is 7.89. The summed E-state index contributed by atoms with van der Waals surface area (Å²) in [6.45, 7) is 0. The van der Waals surface area contributed by atoms with Crippen LogP contribution in [0.5, 0.6) is 11.5 Å². The maximum atomic E-state index is 12.3. The third kappa shape index (κ3) is 4.87. The van der Waals surface area contributed by atoms with Crippen molar-refractivity contribution in [3.63, 3.8) is 0 Å². The number of anilines is 1. The standard InChI is InChI=1S/C17H20N2O5S/c1-23-15-8-7-12(11-16(15)24-2)9-10-25(21,22)19-14-6-4-3-5-13(14)17(18)20/h3-8,11,19H,9-10H2,1-2H3,(H2,18,20). The van der Waals surface area contributed by atoms with E-state index in [1.165, 1.54) is 26.4 Å². The molecular formula is C17H20N2O5S. The predicted molar refractivity (Wildman–Crippen MR) is 95.6 cm³/mol. The molecule has 2 rings (SSSR count). The summed E-state index contributed by atoms with van der Waals surface area (Å²) in [5, 5.41) is 0. The highest BCUT2D eigenvalue weighted by Gasteiger charge is 2.15. The van der Waals surface area contributed by atoms with Gasteiger partial charge in [0.2, 0.25) is 10.0 Å². The maximum Gasteiger partial charge on any atom is 0.250 e. The lowest BCUT2D eigenvalue weighted by atomic mass is 10.1. The van der Waals surface area contributed by atoms with Gasteiger partial charge in [-0.2, -0.15) is 0 Å². The average Bonchev–Trinajstić information content (AvgIpc) is 2.59. The van der Waals surface area contributed by atoms with Crippen LogP contribution < -0.4 is 19.9 Å². The highest BCUT2D eigenvalue weighted by atomic mass is 32.2. The lowest BCUT2D eigenvalue weighted by molar-refractivity contribution is 0.100. The topological polar surface area (TPSA) is 108 Å². The normalized spacial score (nSPS) is 11.0. The number of hydrogen-bond donors (Lipinski definition) is 2. The summed E-state index contributed by atoms with van der Waals surface area (Å²) in [5.74, 6) is 0.250. The number of benzene rings is 2. The molecule has 0 unspecified atom stereocenters. The zero-order valence-electron chi connectivity index (χ0n) is 14.0. The van der Waals surface area contributed by atoms with Gasteiger partial charge >= 0.3 is 0 Å². The van der Waals surface area contributed by atoms with Crippen LogP contribution in [0.2, 0.25) is 0 Å². The molecule has 8 heteroatoms. The number of aryl methyl sites for hydroxylation is 1. The van der Waals surface area contributed by atoms with Gasteiger partial charge in [-0.3, -0.25) is 9.52 Å². The molecule has 0 aliphatic carbocycles. The quantitative estimate of drug-likeness (QED) is 0.742. The van der Waals surface area contributed by atoms with E-state index < -0.39 is 15.9 Å². The van der Waals surface area contributed by atoms with E-state index in [4.69, 9.17) is 15.2 Å². The Hall–Kier alpha value is -2.74. The van der Waals surface area contributed by atoms with Gasteiger partial charge in [0, 0.05) is 0 Å². The van der Waals surface area contributed by atoms with Crippen LogP contribution in [0.4, 0.5) is 5.69 Å². The number of nitrogens with one attached hydrogen (secondary N) is 1. The minimum atomic E-state index is -3.65. The van der Waals surface area contributed by atoms with Crippen molar-refractivity contribution in [2.75, 3.05) is 24.7 Å². The van der Waals surface area contributed by atoms with Gasteiger partial charge in [-0.05, 0) is 36.2 Å². The van der Waals surface area contributed by atoms with Crippen LogP contribution in [0.25, 0.3) is 0 Å². The molecule has 7 nitrogen and oxygen atoms in total. The minimum Gasteiger partial charge on any atom is -0.493 e. The van der Waals surface area contributed by atoms with Crippen molar-refractivity contribution >= 4 is 21.6 Å². The Bertz CT molecular complexity index is 865. The van der Waals surface area contributed by atoms with E-state index in [9.17, 15) is 13.2 Å². The number of sulfonamides is 1. The lowest BCUT2D eigenvalue weighted by Gasteiger charge is -2.12. The zero-order valence-corrected chi connectivity index (χ0v) is 14.8. The number of amides is 1. The van der Waals surface area contributed by atoms with E-state index in [2.05, 4.69) is 4.72 Å². The molecule has 0 spiro atoms. The molecular weight excluding hydrogens is 344 g/mol. The van der Waals surface area contributed by atoms with Gasteiger partial charge in [-0.15, -0.1) is 0 Å². The Morgan fingerprint density at radius 1 is 1.08 bits per heavy atom. The van der Waals surface area contributed by atoms with Crippen LogP contribution in [0.15, 0.2) is 42.5 Å². The fourth-order valence-electron chi connectivity index (χ4n) is 2.29. The molecule has 2 aromatic rings. The molecule has 0 heterocycles. The Labute approximate surface area is 146 Å². The first-order valence-electron chi connectivity index (χ1n) is 7.46. The minimum absolute atomic E-state index is 0.122. The van der Waals surface area contributed by atoms with Crippen molar-refractivity contribution in [3.05, 3.63) is 53.6 Å². The Morgan fingerprint density at radius 3 is 2.40 bits per heavy atom. The van der Waals surface area contributed by atoms with E-state index in [1.807, 2.05) is 0 Å². The molecule has 0 fully saturated rings. The van der Waals surface area contributed by atoms with Crippen LogP contribution >= 0.6 is 0 Å². The summed E-state index contributed by atoms with van der Waals surface area (Å²) in [5.41, 5.74) is 6.33. The summed E-state index contributed by atoms with van der Waals surface area (Å²) >= 11 is 0. The smallest absolute Gasteiger partial charge is 0.250 e. The third-order valence-corrected chi connectivity index (χ3v) is 4.84. The van der Waals surface area contributed by atoms with Crippen molar-refractivity contribution in [2.24, 2.45) is 5.73 Å². The molecule has 0 bridgehead atoms. The lowest BCUT2D eigenvalue weighted by Crippen LogP contribution is -2.21. The van der Waals surface area contributed by atoms with Gasteiger partial charge in [-0.1, -0.05) is 18.2 Å². The zero-order chi connectivity index (χ0) is 18.4. The second-order valence-electron chi connectivity index (χ2n) is 5.27. The van der Waals surface area contributed by atoms with Crippen LogP contribution in [0.3, 0.4) is 0 Å². The monoisotopic (exact) mass is 364 g/mol. The fraction of sp³-hybridized carbons (Fsp3) is 0.235. The van der Waals surface area contributed by atoms with Gasteiger partial charge in [-0.25, -0.2) is 8.42 Å². The number of carbonyl (C=O) groups is 1. The predicted octanol–water partition coefficient (Wildman–Crippen LogP) is 1.79. The summed E-state index contributed by atoms with van der Waals surface area (Å²) in [4.78, 5) is 11.4. The van der Waals surface area contributed by atoms with Crippen LogP contribution in [0.1, 0.15) is 15.9 Å². The molecule has 0 aromatic heterocycles. The largest absolute Gasteiger partial charge is 0.493 e. The average molecular weight is 364 g/mol. The Kier molecular flexibility index (Phi) is 5.87. The molecule has 134 valence electrons. The molecule has 0 radical (unpaired) electrons. The number of carbonyl (C=O) groups excluding carboxylic acids is 1. The molecule has 0 atom stereocenters. The number of hydrogen-bond acceptors (Lipinski definition) is 5. The highest BCUT2D eigenvalue weighted by Crippen LogP contribution is 2.28. The van der Waals surface area contributed by atoms with Crippen molar-refractivity contribution in [1.82, 2.24) is 0 Å². The fourth-order valence-corrected chi connectivity index (χ4v) is 3.41. The number of para-hydroxylation sites is 1. The van der Waals surface area contributed by atoms with Crippen molar-refractivity contribution in [2.45, 2.75) is 6.42 Å². The Balaban J connectivity index is 2.11. The van der Waals surface area contributed by atoms with Crippen molar-refractivity contribution in [3.8, 4) is 11.5 Å². The molecule has 25 heavy (non-hydrogen) atoms. The van der Waals surface area contributed by atoms with E-state index in [1.54, 1.807) is 30.3 Å². The van der Waals surface area contributed by atoms with Crippen molar-refractivity contribution in [1.29, 1.82) is 0 Å². The van der Waals surface area contributed by atoms with E-state index >= 15 is 0 Å². The molecule has 0 aliphatic rings. The highest BCUT2D eigenvalue weighted by molar-refractivity contribution is 7.92. The van der Waals surface area contributed by atoms with Crippen LogP contribution in [0, 0.1) is 0 Å². The molecule has 1 amide bonds. The molecule has 3 N–H and O–H groups in total. The van der Waals surface area contributed by atoms with Crippen molar-refractivity contribution < 1.29 is 22.7 Å². The summed E-state index contributed by atoms with van der Waals surface area (Å²) < 4.78 is 37.4. The number of nitrogens with two attached hydrogens (primary N) is 1. The number of ether oxygens (including phenoxy) is 2. The summed E-state index contributed by atoms with van der Waals surface area (Å²) in [6.07, 6.45) is 0.272. The summed E-state index contributed by atoms with van der Waals surface area (Å²) in [6, 6.07) is 11.4. The number of primary amides is 1. The van der Waals surface area contributed by atoms with E-state index in [-0.39, 0.29) is 23.4 Å².